The van der Waals surface area contributed by atoms with Gasteiger partial charge in [-0.25, -0.2) is 8.42 Å². The summed E-state index contributed by atoms with van der Waals surface area (Å²) in [6.07, 6.45) is 1.98. The fourth-order valence-electron chi connectivity index (χ4n) is 3.76. The van der Waals surface area contributed by atoms with Crippen LogP contribution in [-0.4, -0.2) is 88.1 Å². The Kier molecular flexibility index (Phi) is 7.16. The average Bonchev–Trinajstić information content (AvgIpc) is 2.77. The van der Waals surface area contributed by atoms with Crippen LogP contribution in [0, 0.1) is 5.92 Å². The lowest BCUT2D eigenvalue weighted by Gasteiger charge is -2.32. The Morgan fingerprint density at radius 1 is 1.03 bits per heavy atom. The number of nitrogens with zero attached hydrogens (tertiary/aromatic N) is 3. The van der Waals surface area contributed by atoms with Gasteiger partial charge in [0.1, 0.15) is 6.54 Å². The summed E-state index contributed by atoms with van der Waals surface area (Å²) in [6.45, 7) is 2.37. The van der Waals surface area contributed by atoms with Crippen molar-refractivity contribution in [2.45, 2.75) is 12.8 Å². The molecule has 31 heavy (non-hydrogen) atoms. The molecule has 0 atom stereocenters. The van der Waals surface area contributed by atoms with Gasteiger partial charge in [-0.05, 0) is 37.1 Å². The van der Waals surface area contributed by atoms with Crippen LogP contribution in [0.4, 0.5) is 5.69 Å². The topological polar surface area (TPSA) is 130 Å². The Morgan fingerprint density at radius 3 is 2.13 bits per heavy atom. The smallest absolute Gasteiger partial charge is 0.254 e. The summed E-state index contributed by atoms with van der Waals surface area (Å²) >= 11 is 0. The van der Waals surface area contributed by atoms with Crippen LogP contribution in [0.25, 0.3) is 0 Å². The van der Waals surface area contributed by atoms with Gasteiger partial charge in [0.15, 0.2) is 0 Å². The highest BCUT2D eigenvalue weighted by atomic mass is 32.2. The van der Waals surface area contributed by atoms with E-state index in [0.717, 1.165) is 10.6 Å². The predicted octanol–water partition coefficient (Wildman–Crippen LogP) is -0.351. The molecule has 0 saturated carbocycles. The highest BCUT2D eigenvalue weighted by Gasteiger charge is 2.29. The maximum atomic E-state index is 12.7. The van der Waals surface area contributed by atoms with E-state index in [0.29, 0.717) is 63.5 Å². The molecule has 2 N–H and O–H groups in total. The first-order chi connectivity index (χ1) is 14.7. The monoisotopic (exact) mass is 452 g/mol. The van der Waals surface area contributed by atoms with Gasteiger partial charge in [0.2, 0.25) is 21.8 Å². The number of benzene rings is 1. The van der Waals surface area contributed by atoms with Crippen LogP contribution >= 0.6 is 0 Å². The van der Waals surface area contributed by atoms with Crippen LogP contribution in [0.15, 0.2) is 24.3 Å². The summed E-state index contributed by atoms with van der Waals surface area (Å²) in [4.78, 5) is 39.8. The third-order valence-electron chi connectivity index (χ3n) is 5.63. The molecule has 3 rings (SSSR count). The van der Waals surface area contributed by atoms with Crippen LogP contribution in [0.1, 0.15) is 23.2 Å². The van der Waals surface area contributed by atoms with Crippen LogP contribution in [0.2, 0.25) is 0 Å². The number of primary amides is 1. The number of anilines is 1. The highest BCUT2D eigenvalue weighted by molar-refractivity contribution is 7.92. The minimum atomic E-state index is -3.73. The quantitative estimate of drug-likeness (QED) is 0.628. The lowest BCUT2D eigenvalue weighted by Crippen LogP contribution is -2.47. The molecule has 2 fully saturated rings. The first kappa shape index (κ1) is 23.0. The van der Waals surface area contributed by atoms with E-state index in [2.05, 4.69) is 0 Å². The molecule has 2 saturated heterocycles. The highest BCUT2D eigenvalue weighted by Crippen LogP contribution is 2.21. The number of rotatable bonds is 6. The maximum Gasteiger partial charge on any atom is 0.254 e. The van der Waals surface area contributed by atoms with E-state index >= 15 is 0 Å². The van der Waals surface area contributed by atoms with Gasteiger partial charge < -0.3 is 20.3 Å². The van der Waals surface area contributed by atoms with E-state index in [-0.39, 0.29) is 30.2 Å². The van der Waals surface area contributed by atoms with Crippen molar-refractivity contribution >= 4 is 33.4 Å². The van der Waals surface area contributed by atoms with Crippen molar-refractivity contribution in [3.05, 3.63) is 29.8 Å². The van der Waals surface area contributed by atoms with Crippen LogP contribution in [-0.2, 0) is 24.3 Å². The van der Waals surface area contributed by atoms with Gasteiger partial charge in [-0.3, -0.25) is 18.7 Å². The molecule has 2 heterocycles. The molecule has 0 unspecified atom stereocenters. The summed E-state index contributed by atoms with van der Waals surface area (Å²) in [5.41, 5.74) is 6.07. The molecule has 0 spiro atoms. The zero-order valence-electron chi connectivity index (χ0n) is 17.5. The maximum absolute atomic E-state index is 12.7. The summed E-state index contributed by atoms with van der Waals surface area (Å²) in [6, 6.07) is 6.19. The number of carbonyl (C=O) groups is 3. The van der Waals surface area contributed by atoms with Crippen LogP contribution in [0.3, 0.4) is 0 Å². The third-order valence-corrected chi connectivity index (χ3v) is 6.77. The molecule has 11 heteroatoms. The Balaban J connectivity index is 1.69. The van der Waals surface area contributed by atoms with Gasteiger partial charge in [-0.2, -0.15) is 0 Å². The minimum absolute atomic E-state index is 0.144. The molecule has 170 valence electrons. The second kappa shape index (κ2) is 9.65. The number of sulfonamides is 1. The second-order valence-corrected chi connectivity index (χ2v) is 9.69. The molecule has 10 nitrogen and oxygen atoms in total. The number of hydrogen-bond acceptors (Lipinski definition) is 6. The van der Waals surface area contributed by atoms with Gasteiger partial charge in [0.05, 0.1) is 25.2 Å². The number of likely N-dealkylation sites (tertiary alicyclic amines) is 1. The van der Waals surface area contributed by atoms with Crippen LogP contribution in [0.5, 0.6) is 0 Å². The summed E-state index contributed by atoms with van der Waals surface area (Å²) < 4.78 is 31.0. The van der Waals surface area contributed by atoms with Gasteiger partial charge in [0, 0.05) is 37.7 Å². The molecule has 0 bridgehead atoms. The number of morpholine rings is 1. The number of amides is 3. The van der Waals surface area contributed by atoms with E-state index in [1.54, 1.807) is 21.9 Å². The van der Waals surface area contributed by atoms with E-state index in [9.17, 15) is 22.8 Å². The van der Waals surface area contributed by atoms with Gasteiger partial charge in [0.25, 0.3) is 5.91 Å². The fraction of sp³-hybridized carbons (Fsp3) is 0.550. The lowest BCUT2D eigenvalue weighted by atomic mass is 9.96. The third kappa shape index (κ3) is 5.73. The Hall–Kier alpha value is -2.66. The number of carbonyl (C=O) groups excluding carboxylic acids is 3. The fourth-order valence-corrected chi connectivity index (χ4v) is 4.61. The zero-order valence-corrected chi connectivity index (χ0v) is 18.3. The van der Waals surface area contributed by atoms with Crippen molar-refractivity contribution in [2.75, 3.05) is 56.5 Å². The van der Waals surface area contributed by atoms with Gasteiger partial charge >= 0.3 is 0 Å². The lowest BCUT2D eigenvalue weighted by molar-refractivity contribution is -0.133. The number of ether oxygens (including phenoxy) is 1. The first-order valence-corrected chi connectivity index (χ1v) is 12.0. The molecule has 2 aliphatic heterocycles. The number of hydrogen-bond donors (Lipinski definition) is 1. The molecule has 1 aromatic carbocycles. The second-order valence-electron chi connectivity index (χ2n) is 7.78. The average molecular weight is 453 g/mol. The molecule has 0 radical (unpaired) electrons. The molecular weight excluding hydrogens is 424 g/mol. The molecule has 0 aliphatic carbocycles. The number of piperidine rings is 1. The number of nitrogens with two attached hydrogens (primary N) is 1. The Morgan fingerprint density at radius 2 is 1.61 bits per heavy atom. The molecule has 2 aliphatic rings. The summed E-state index contributed by atoms with van der Waals surface area (Å²) in [5, 5.41) is 0. The Labute approximate surface area is 182 Å². The van der Waals surface area contributed by atoms with E-state index in [4.69, 9.17) is 10.5 Å². The largest absolute Gasteiger partial charge is 0.378 e. The van der Waals surface area contributed by atoms with Crippen molar-refractivity contribution in [2.24, 2.45) is 11.7 Å². The van der Waals surface area contributed by atoms with E-state index in [1.807, 2.05) is 0 Å². The van der Waals surface area contributed by atoms with Gasteiger partial charge in [-0.1, -0.05) is 0 Å². The Bertz CT molecular complexity index is 919. The zero-order chi connectivity index (χ0) is 22.6. The normalized spacial score (nSPS) is 18.0. The van der Waals surface area contributed by atoms with Gasteiger partial charge in [-0.15, -0.1) is 0 Å². The van der Waals surface area contributed by atoms with Crippen molar-refractivity contribution in [3.63, 3.8) is 0 Å². The van der Waals surface area contributed by atoms with Crippen molar-refractivity contribution in [3.8, 4) is 0 Å². The van der Waals surface area contributed by atoms with E-state index in [1.165, 1.54) is 12.1 Å². The molecule has 0 aromatic heterocycles. The summed E-state index contributed by atoms with van der Waals surface area (Å²) in [7, 11) is -3.73. The SMILES string of the molecule is CS(=O)(=O)N(CC(=O)N1CCC(C(N)=O)CC1)c1ccc(C(=O)N2CCOCC2)cc1. The van der Waals surface area contributed by atoms with Crippen molar-refractivity contribution < 1.29 is 27.5 Å². The first-order valence-electron chi connectivity index (χ1n) is 10.2. The molecule has 1 aromatic rings. The minimum Gasteiger partial charge on any atom is -0.378 e. The predicted molar refractivity (Wildman–Crippen MR) is 114 cm³/mol. The van der Waals surface area contributed by atoms with Crippen molar-refractivity contribution in [1.29, 1.82) is 0 Å². The molecule has 3 amide bonds. The summed E-state index contributed by atoms with van der Waals surface area (Å²) in [5.74, 6) is -1.13. The molecular formula is C20H28N4O6S. The van der Waals surface area contributed by atoms with Crippen LogP contribution < -0.4 is 10.0 Å². The van der Waals surface area contributed by atoms with Crippen molar-refractivity contribution in [1.82, 2.24) is 9.80 Å². The standard InChI is InChI=1S/C20H28N4O6S/c1-31(28,29)24(14-18(25)22-8-6-15(7-9-22)19(21)26)17-4-2-16(3-5-17)20(27)23-10-12-30-13-11-23/h2-5,15H,6-14H2,1H3,(H2,21,26). The van der Waals surface area contributed by atoms with E-state index < -0.39 is 10.0 Å².